The Morgan fingerprint density at radius 1 is 1.38 bits per heavy atom. The Kier molecular flexibility index (Phi) is 2.63. The lowest BCUT2D eigenvalue weighted by atomic mass is 10.2. The van der Waals surface area contributed by atoms with Gasteiger partial charge >= 0.3 is 0 Å². The molecule has 2 heterocycles. The van der Waals surface area contributed by atoms with Gasteiger partial charge in [0.15, 0.2) is 0 Å². The van der Waals surface area contributed by atoms with Gasteiger partial charge in [-0.1, -0.05) is 6.92 Å². The zero-order valence-corrected chi connectivity index (χ0v) is 9.89. The maximum absolute atomic E-state index is 11.8. The SMILES string of the molecule is CCc1cc2c(s1)C(=O)N(CC(C)=O)C2=O. The van der Waals surface area contributed by atoms with Crippen LogP contribution < -0.4 is 0 Å². The number of amides is 2. The van der Waals surface area contributed by atoms with Crippen LogP contribution in [0.1, 0.15) is 38.8 Å². The molecular formula is C11H11NO3S. The van der Waals surface area contributed by atoms with E-state index in [4.69, 9.17) is 0 Å². The molecule has 0 saturated heterocycles. The van der Waals surface area contributed by atoms with Crippen molar-refractivity contribution in [3.05, 3.63) is 21.4 Å². The van der Waals surface area contributed by atoms with Crippen LogP contribution in [0.3, 0.4) is 0 Å². The number of carbonyl (C=O) groups is 3. The number of carbonyl (C=O) groups excluding carboxylic acids is 3. The lowest BCUT2D eigenvalue weighted by Crippen LogP contribution is -2.34. The predicted octanol–water partition coefficient (Wildman–Crippen LogP) is 1.50. The fourth-order valence-electron chi connectivity index (χ4n) is 1.66. The molecule has 0 aromatic carbocycles. The molecule has 1 aromatic rings. The maximum atomic E-state index is 11.8. The molecule has 2 rings (SSSR count). The summed E-state index contributed by atoms with van der Waals surface area (Å²) >= 11 is 1.34. The molecule has 1 aliphatic rings. The quantitative estimate of drug-likeness (QED) is 0.748. The normalized spacial score (nSPS) is 14.5. The van der Waals surface area contributed by atoms with Crippen LogP contribution in [0.2, 0.25) is 0 Å². The Hall–Kier alpha value is -1.49. The van der Waals surface area contributed by atoms with Gasteiger partial charge in [0.05, 0.1) is 12.1 Å². The van der Waals surface area contributed by atoms with Crippen molar-refractivity contribution in [2.75, 3.05) is 6.54 Å². The van der Waals surface area contributed by atoms with Crippen LogP contribution >= 0.6 is 11.3 Å². The summed E-state index contributed by atoms with van der Waals surface area (Å²) in [4.78, 5) is 37.1. The highest BCUT2D eigenvalue weighted by Crippen LogP contribution is 2.31. The minimum absolute atomic E-state index is 0.124. The standard InChI is InChI=1S/C11H11NO3S/c1-3-7-4-8-9(16-7)11(15)12(10(8)14)5-6(2)13/h4H,3,5H2,1-2H3. The van der Waals surface area contributed by atoms with Gasteiger partial charge in [0, 0.05) is 4.88 Å². The van der Waals surface area contributed by atoms with Crippen LogP contribution in [0, 0.1) is 0 Å². The van der Waals surface area contributed by atoms with Crippen LogP contribution in [-0.4, -0.2) is 29.0 Å². The van der Waals surface area contributed by atoms with Crippen LogP contribution in [0.25, 0.3) is 0 Å². The molecule has 84 valence electrons. The van der Waals surface area contributed by atoms with Gasteiger partial charge in [0.25, 0.3) is 11.8 Å². The van der Waals surface area contributed by atoms with Crippen molar-refractivity contribution in [2.45, 2.75) is 20.3 Å². The van der Waals surface area contributed by atoms with Gasteiger partial charge in [-0.3, -0.25) is 19.3 Å². The van der Waals surface area contributed by atoms with Gasteiger partial charge in [-0.05, 0) is 19.4 Å². The zero-order chi connectivity index (χ0) is 11.9. The Labute approximate surface area is 96.9 Å². The Bertz CT molecular complexity index is 456. The number of thiophene rings is 1. The van der Waals surface area contributed by atoms with E-state index in [2.05, 4.69) is 0 Å². The van der Waals surface area contributed by atoms with E-state index in [0.717, 1.165) is 16.2 Å². The first-order valence-electron chi connectivity index (χ1n) is 5.03. The molecule has 0 aliphatic carbocycles. The number of imide groups is 1. The Morgan fingerprint density at radius 2 is 2.06 bits per heavy atom. The van der Waals surface area contributed by atoms with Crippen LogP contribution in [0.15, 0.2) is 6.07 Å². The van der Waals surface area contributed by atoms with Gasteiger partial charge in [0.1, 0.15) is 10.7 Å². The van der Waals surface area contributed by atoms with E-state index < -0.39 is 0 Å². The minimum Gasteiger partial charge on any atom is -0.298 e. The number of ketones is 1. The number of hydrogen-bond acceptors (Lipinski definition) is 4. The second kappa shape index (κ2) is 3.83. The molecule has 0 unspecified atom stereocenters. The van der Waals surface area contributed by atoms with Gasteiger partial charge in [-0.25, -0.2) is 0 Å². The number of nitrogens with zero attached hydrogens (tertiary/aromatic N) is 1. The first-order valence-corrected chi connectivity index (χ1v) is 5.84. The van der Waals surface area contributed by atoms with E-state index in [1.54, 1.807) is 6.07 Å². The molecule has 1 aliphatic heterocycles. The van der Waals surface area contributed by atoms with Gasteiger partial charge in [-0.2, -0.15) is 0 Å². The molecule has 0 saturated carbocycles. The molecule has 0 atom stereocenters. The summed E-state index contributed by atoms with van der Waals surface area (Å²) < 4.78 is 0. The molecule has 16 heavy (non-hydrogen) atoms. The zero-order valence-electron chi connectivity index (χ0n) is 9.07. The average molecular weight is 237 g/mol. The third-order valence-electron chi connectivity index (χ3n) is 2.43. The predicted molar refractivity (Wildman–Crippen MR) is 59.7 cm³/mol. The second-order valence-corrected chi connectivity index (χ2v) is 4.84. The van der Waals surface area contributed by atoms with E-state index >= 15 is 0 Å². The summed E-state index contributed by atoms with van der Waals surface area (Å²) in [7, 11) is 0. The van der Waals surface area contributed by atoms with Gasteiger partial charge in [0.2, 0.25) is 0 Å². The maximum Gasteiger partial charge on any atom is 0.272 e. The topological polar surface area (TPSA) is 54.5 Å². The van der Waals surface area contributed by atoms with Crippen LogP contribution in [0.5, 0.6) is 0 Å². The van der Waals surface area contributed by atoms with Crippen LogP contribution in [0.4, 0.5) is 0 Å². The Balaban J connectivity index is 2.35. The van der Waals surface area contributed by atoms with E-state index in [1.807, 2.05) is 6.92 Å². The van der Waals surface area contributed by atoms with Gasteiger partial charge in [-0.15, -0.1) is 11.3 Å². The van der Waals surface area contributed by atoms with Crippen molar-refractivity contribution < 1.29 is 14.4 Å². The molecule has 0 N–H and O–H groups in total. The van der Waals surface area contributed by atoms with Gasteiger partial charge < -0.3 is 0 Å². The summed E-state index contributed by atoms with van der Waals surface area (Å²) in [5.41, 5.74) is 0.452. The number of aryl methyl sites for hydroxylation is 1. The fraction of sp³-hybridized carbons (Fsp3) is 0.364. The molecule has 1 aromatic heterocycles. The largest absolute Gasteiger partial charge is 0.298 e. The fourth-order valence-corrected chi connectivity index (χ4v) is 2.70. The molecule has 0 bridgehead atoms. The molecule has 0 fully saturated rings. The second-order valence-electron chi connectivity index (χ2n) is 3.71. The Morgan fingerprint density at radius 3 is 2.56 bits per heavy atom. The summed E-state index contributed by atoms with van der Waals surface area (Å²) in [6.45, 7) is 3.22. The lowest BCUT2D eigenvalue weighted by Gasteiger charge is -2.10. The van der Waals surface area contributed by atoms with Crippen molar-refractivity contribution in [2.24, 2.45) is 0 Å². The minimum atomic E-state index is -0.342. The van der Waals surface area contributed by atoms with Crippen LogP contribution in [-0.2, 0) is 11.2 Å². The highest BCUT2D eigenvalue weighted by molar-refractivity contribution is 7.14. The lowest BCUT2D eigenvalue weighted by molar-refractivity contribution is -0.117. The molecule has 5 heteroatoms. The summed E-state index contributed by atoms with van der Waals surface area (Å²) in [6, 6.07) is 1.75. The number of rotatable bonds is 3. The first-order chi connectivity index (χ1) is 7.54. The molecule has 0 spiro atoms. The highest BCUT2D eigenvalue weighted by atomic mass is 32.1. The first kappa shape index (κ1) is 11.0. The van der Waals surface area contributed by atoms with Crippen molar-refractivity contribution >= 4 is 28.9 Å². The summed E-state index contributed by atoms with van der Waals surface area (Å²) in [5, 5.41) is 0. The number of hydrogen-bond donors (Lipinski definition) is 0. The van der Waals surface area contributed by atoms with Crippen molar-refractivity contribution in [3.63, 3.8) is 0 Å². The number of fused-ring (bicyclic) bond motifs is 1. The van der Waals surface area contributed by atoms with Crippen molar-refractivity contribution in [1.29, 1.82) is 0 Å². The van der Waals surface area contributed by atoms with E-state index in [1.165, 1.54) is 18.3 Å². The average Bonchev–Trinajstić information content (AvgIpc) is 2.74. The third kappa shape index (κ3) is 1.57. The summed E-state index contributed by atoms with van der Waals surface area (Å²) in [6.07, 6.45) is 0.810. The molecular weight excluding hydrogens is 226 g/mol. The van der Waals surface area contributed by atoms with Crippen molar-refractivity contribution in [1.82, 2.24) is 4.90 Å². The van der Waals surface area contributed by atoms with E-state index in [0.29, 0.717) is 10.4 Å². The third-order valence-corrected chi connectivity index (χ3v) is 3.69. The van der Waals surface area contributed by atoms with E-state index in [9.17, 15) is 14.4 Å². The highest BCUT2D eigenvalue weighted by Gasteiger charge is 2.37. The van der Waals surface area contributed by atoms with Crippen molar-refractivity contribution in [3.8, 4) is 0 Å². The molecule has 2 amide bonds. The summed E-state index contributed by atoms with van der Waals surface area (Å²) in [5.74, 6) is -0.862. The van der Waals surface area contributed by atoms with E-state index in [-0.39, 0.29) is 24.1 Å². The smallest absolute Gasteiger partial charge is 0.272 e. The molecule has 0 radical (unpaired) electrons. The monoisotopic (exact) mass is 237 g/mol. The molecule has 4 nitrogen and oxygen atoms in total. The number of Topliss-reactive ketones (excluding diaryl/α,β-unsaturated/α-hetero) is 1.